The fraction of sp³-hybridized carbons (Fsp3) is 0.0667. The van der Waals surface area contributed by atoms with Crippen molar-refractivity contribution in [1.29, 1.82) is 0 Å². The van der Waals surface area contributed by atoms with Crippen LogP contribution in [0.15, 0.2) is 57.3 Å². The molecule has 1 N–H and O–H groups in total. The summed E-state index contributed by atoms with van der Waals surface area (Å²) in [6.45, 7) is 1.85. The molecule has 0 saturated carbocycles. The predicted molar refractivity (Wildman–Crippen MR) is 89.5 cm³/mol. The zero-order chi connectivity index (χ0) is 15.7. The molecule has 2 aromatic heterocycles. The zero-order valence-electron chi connectivity index (χ0n) is 11.5. The van der Waals surface area contributed by atoms with E-state index in [-0.39, 0.29) is 5.56 Å². The number of rotatable bonds is 3. The molecule has 7 heteroatoms. The molecule has 3 rings (SSSR count). The van der Waals surface area contributed by atoms with Gasteiger partial charge in [-0.25, -0.2) is 9.67 Å². The summed E-state index contributed by atoms with van der Waals surface area (Å²) >= 11 is 13.0. The van der Waals surface area contributed by atoms with E-state index in [1.807, 2.05) is 6.92 Å². The molecule has 0 fully saturated rings. The van der Waals surface area contributed by atoms with E-state index in [9.17, 15) is 4.79 Å². The van der Waals surface area contributed by atoms with Crippen LogP contribution in [0.4, 0.5) is 0 Å². The second kappa shape index (κ2) is 6.20. The number of hydrogen-bond donors (Lipinski definition) is 1. The van der Waals surface area contributed by atoms with E-state index >= 15 is 0 Å². The minimum Gasteiger partial charge on any atom is -0.294 e. The van der Waals surface area contributed by atoms with E-state index in [4.69, 9.17) is 23.2 Å². The first-order valence-electron chi connectivity index (χ1n) is 6.41. The Bertz CT molecular complexity index is 854. The highest BCUT2D eigenvalue weighted by Crippen LogP contribution is 2.26. The van der Waals surface area contributed by atoms with Crippen LogP contribution in [-0.4, -0.2) is 14.8 Å². The minimum atomic E-state index is -0.124. The number of benzene rings is 1. The van der Waals surface area contributed by atoms with Gasteiger partial charge in [-0.1, -0.05) is 35.0 Å². The van der Waals surface area contributed by atoms with Gasteiger partial charge in [0.25, 0.3) is 5.56 Å². The van der Waals surface area contributed by atoms with Crippen molar-refractivity contribution >= 4 is 35.0 Å². The topological polar surface area (TPSA) is 50.7 Å². The summed E-state index contributed by atoms with van der Waals surface area (Å²) in [5.74, 6) is 0. The monoisotopic (exact) mass is 351 g/mol. The number of pyridine rings is 1. The maximum absolute atomic E-state index is 12.6. The summed E-state index contributed by atoms with van der Waals surface area (Å²) in [5.41, 5.74) is 1.39. The fourth-order valence-corrected chi connectivity index (χ4v) is 3.02. The highest BCUT2D eigenvalue weighted by atomic mass is 35.5. The van der Waals surface area contributed by atoms with Gasteiger partial charge in [-0.2, -0.15) is 0 Å². The molecule has 0 aliphatic heterocycles. The van der Waals surface area contributed by atoms with Gasteiger partial charge >= 0.3 is 0 Å². The summed E-state index contributed by atoms with van der Waals surface area (Å²) in [4.78, 5) is 17.4. The second-order valence-corrected chi connectivity index (χ2v) is 6.50. The first-order valence-corrected chi connectivity index (χ1v) is 7.99. The molecular weight excluding hydrogens is 341 g/mol. The Balaban J connectivity index is 1.98. The Morgan fingerprint density at radius 3 is 2.41 bits per heavy atom. The molecule has 0 saturated heterocycles. The van der Waals surface area contributed by atoms with Crippen LogP contribution in [-0.2, 0) is 0 Å². The summed E-state index contributed by atoms with van der Waals surface area (Å²) in [6, 6.07) is 10.6. The number of aromatic nitrogens is 3. The lowest BCUT2D eigenvalue weighted by atomic mass is 10.3. The Morgan fingerprint density at radius 2 is 1.77 bits per heavy atom. The van der Waals surface area contributed by atoms with Crippen molar-refractivity contribution in [3.8, 4) is 5.69 Å². The molecule has 0 atom stereocenters. The van der Waals surface area contributed by atoms with Crippen molar-refractivity contribution in [2.24, 2.45) is 0 Å². The summed E-state index contributed by atoms with van der Waals surface area (Å²) in [5, 5.41) is 4.97. The van der Waals surface area contributed by atoms with Gasteiger partial charge in [0, 0.05) is 16.9 Å². The van der Waals surface area contributed by atoms with Gasteiger partial charge in [0.15, 0.2) is 0 Å². The van der Waals surface area contributed by atoms with Crippen LogP contribution in [0.2, 0.25) is 10.0 Å². The lowest BCUT2D eigenvalue weighted by Crippen LogP contribution is -2.15. The molecule has 22 heavy (non-hydrogen) atoms. The third-order valence-corrected chi connectivity index (χ3v) is 4.62. The van der Waals surface area contributed by atoms with Gasteiger partial charge in [0.05, 0.1) is 10.7 Å². The molecule has 3 aromatic rings. The Labute approximate surface area is 141 Å². The number of hydrogen-bond acceptors (Lipinski definition) is 3. The maximum atomic E-state index is 12.6. The van der Waals surface area contributed by atoms with Gasteiger partial charge in [0.2, 0.25) is 0 Å². The molecule has 112 valence electrons. The van der Waals surface area contributed by atoms with Crippen LogP contribution in [0, 0.1) is 6.92 Å². The van der Waals surface area contributed by atoms with E-state index in [1.54, 1.807) is 42.6 Å². The van der Waals surface area contributed by atoms with E-state index in [1.165, 1.54) is 16.4 Å². The number of aromatic amines is 1. The minimum absolute atomic E-state index is 0.124. The van der Waals surface area contributed by atoms with Crippen molar-refractivity contribution in [2.45, 2.75) is 16.8 Å². The zero-order valence-corrected chi connectivity index (χ0v) is 13.8. The van der Waals surface area contributed by atoms with E-state index in [0.717, 1.165) is 11.4 Å². The van der Waals surface area contributed by atoms with Crippen LogP contribution < -0.4 is 5.56 Å². The first-order chi connectivity index (χ1) is 10.5. The summed E-state index contributed by atoms with van der Waals surface area (Å²) < 4.78 is 1.49. The van der Waals surface area contributed by atoms with Crippen molar-refractivity contribution in [3.63, 3.8) is 0 Å². The smallest absolute Gasteiger partial charge is 0.285 e. The average Bonchev–Trinajstić information content (AvgIpc) is 2.78. The molecule has 2 heterocycles. The summed E-state index contributed by atoms with van der Waals surface area (Å²) in [7, 11) is 0. The maximum Gasteiger partial charge on any atom is 0.285 e. The normalized spacial score (nSPS) is 10.9. The molecule has 0 aliphatic rings. The van der Waals surface area contributed by atoms with E-state index in [2.05, 4.69) is 10.1 Å². The number of halogens is 2. The van der Waals surface area contributed by atoms with E-state index in [0.29, 0.717) is 20.0 Å². The molecule has 0 radical (unpaired) electrons. The molecule has 0 aliphatic carbocycles. The lowest BCUT2D eigenvalue weighted by molar-refractivity contribution is 0.834. The van der Waals surface area contributed by atoms with Gasteiger partial charge in [-0.3, -0.25) is 9.89 Å². The van der Waals surface area contributed by atoms with Crippen LogP contribution in [0.3, 0.4) is 0 Å². The van der Waals surface area contributed by atoms with Gasteiger partial charge in [-0.05, 0) is 43.3 Å². The molecule has 0 bridgehead atoms. The third-order valence-electron chi connectivity index (χ3n) is 3.01. The molecule has 0 spiro atoms. The molecule has 4 nitrogen and oxygen atoms in total. The SMILES string of the molecule is Cc1[nH]n(-c2ccc(Cl)cc2)c(=O)c1Sc1ccc(Cl)cn1. The van der Waals surface area contributed by atoms with Gasteiger partial charge in [-0.15, -0.1) is 0 Å². The highest BCUT2D eigenvalue weighted by molar-refractivity contribution is 7.99. The van der Waals surface area contributed by atoms with Crippen molar-refractivity contribution in [3.05, 3.63) is 68.7 Å². The standard InChI is InChI=1S/C15H11Cl2N3OS/c1-9-14(22-13-7-4-11(17)8-18-13)15(21)20(19-9)12-5-2-10(16)3-6-12/h2-8,19H,1H3. The highest BCUT2D eigenvalue weighted by Gasteiger charge is 2.14. The van der Waals surface area contributed by atoms with Crippen LogP contribution >= 0.6 is 35.0 Å². The van der Waals surface area contributed by atoms with Crippen molar-refractivity contribution in [1.82, 2.24) is 14.8 Å². The molecule has 0 unspecified atom stereocenters. The van der Waals surface area contributed by atoms with Crippen LogP contribution in [0.1, 0.15) is 5.69 Å². The number of nitrogens with zero attached hydrogens (tertiary/aromatic N) is 2. The van der Waals surface area contributed by atoms with Crippen molar-refractivity contribution < 1.29 is 0 Å². The first kappa shape index (κ1) is 15.2. The largest absolute Gasteiger partial charge is 0.294 e. The van der Waals surface area contributed by atoms with Crippen LogP contribution in [0.5, 0.6) is 0 Å². The number of H-pyrrole nitrogens is 1. The van der Waals surface area contributed by atoms with E-state index < -0.39 is 0 Å². The summed E-state index contributed by atoms with van der Waals surface area (Å²) in [6.07, 6.45) is 1.56. The molecule has 0 amide bonds. The third kappa shape index (κ3) is 3.06. The fourth-order valence-electron chi connectivity index (χ4n) is 1.95. The Hall–Kier alpha value is -1.69. The average molecular weight is 352 g/mol. The number of aryl methyl sites for hydroxylation is 1. The van der Waals surface area contributed by atoms with Gasteiger partial charge < -0.3 is 0 Å². The number of nitrogens with one attached hydrogen (secondary N) is 1. The lowest BCUT2D eigenvalue weighted by Gasteiger charge is -2.00. The second-order valence-electron chi connectivity index (χ2n) is 4.60. The quantitative estimate of drug-likeness (QED) is 0.763. The molecule has 1 aromatic carbocycles. The van der Waals surface area contributed by atoms with Gasteiger partial charge in [0.1, 0.15) is 9.92 Å². The Kier molecular flexibility index (Phi) is 4.29. The Morgan fingerprint density at radius 1 is 1.09 bits per heavy atom. The predicted octanol–water partition coefficient (Wildman–Crippen LogP) is 4.33. The molecular formula is C15H11Cl2N3OS. The van der Waals surface area contributed by atoms with Crippen LogP contribution in [0.25, 0.3) is 5.69 Å². The van der Waals surface area contributed by atoms with Crippen molar-refractivity contribution in [2.75, 3.05) is 0 Å².